The number of rotatable bonds is 1. The molecule has 2 aliphatic rings. The van der Waals surface area contributed by atoms with Gasteiger partial charge in [0.2, 0.25) is 5.91 Å². The number of carbonyl (C=O) groups excluding carboxylic acids is 2. The van der Waals surface area contributed by atoms with Gasteiger partial charge in [-0.3, -0.25) is 4.79 Å². The Kier molecular flexibility index (Phi) is 10.8. The van der Waals surface area contributed by atoms with E-state index in [-0.39, 0.29) is 11.8 Å². The molecule has 8 heteroatoms. The second-order valence-electron chi connectivity index (χ2n) is 9.31. The van der Waals surface area contributed by atoms with Crippen LogP contribution in [0.2, 0.25) is 0 Å². The maximum absolute atomic E-state index is 12.8. The Bertz CT molecular complexity index is 968. The molecule has 2 N–H and O–H groups in total. The molecule has 2 aromatic rings. The predicted octanol–water partition coefficient (Wildman–Crippen LogP) is 4.02. The fourth-order valence-electron chi connectivity index (χ4n) is 4.93. The number of hydrogen-bond donors (Lipinski definition) is 2. The summed E-state index contributed by atoms with van der Waals surface area (Å²) in [5.74, 6) is -0.0758. The average molecular weight is 511 g/mol. The second-order valence-corrected chi connectivity index (χ2v) is 9.31. The molecule has 4 rings (SSSR count). The van der Waals surface area contributed by atoms with Gasteiger partial charge in [0.05, 0.1) is 26.4 Å². The first-order valence-corrected chi connectivity index (χ1v) is 13.4. The lowest BCUT2D eigenvalue weighted by atomic mass is 9.88. The number of alkyl carbamates (subject to hydrolysis) is 1. The maximum atomic E-state index is 12.8. The molecule has 1 atom stereocenters. The summed E-state index contributed by atoms with van der Waals surface area (Å²) in [7, 11) is 0. The van der Waals surface area contributed by atoms with Gasteiger partial charge in [0.25, 0.3) is 0 Å². The van der Waals surface area contributed by atoms with Crippen LogP contribution < -0.4 is 10.6 Å². The number of fused-ring (bicyclic) bond motifs is 3. The highest BCUT2D eigenvalue weighted by molar-refractivity contribution is 5.79. The van der Waals surface area contributed by atoms with Crippen LogP contribution in [0.3, 0.4) is 0 Å². The number of hydrogen-bond acceptors (Lipinski definition) is 6. The summed E-state index contributed by atoms with van der Waals surface area (Å²) in [6.07, 6.45) is 2.17. The van der Waals surface area contributed by atoms with Crippen molar-refractivity contribution in [3.05, 3.63) is 59.7 Å². The molecular weight excluding hydrogens is 472 g/mol. The van der Waals surface area contributed by atoms with Gasteiger partial charge in [-0.2, -0.15) is 0 Å². The molecule has 2 aromatic carbocycles. The molecule has 1 unspecified atom stereocenters. The van der Waals surface area contributed by atoms with Crippen LogP contribution in [0.15, 0.2) is 48.5 Å². The highest BCUT2D eigenvalue weighted by Crippen LogP contribution is 2.47. The summed E-state index contributed by atoms with van der Waals surface area (Å²) in [5, 5.41) is 5.82. The largest absolute Gasteiger partial charge is 0.445 e. The Labute approximate surface area is 219 Å². The summed E-state index contributed by atoms with van der Waals surface area (Å²) in [6, 6.07) is 16.6. The third-order valence-electron chi connectivity index (χ3n) is 6.67. The zero-order valence-electron chi connectivity index (χ0n) is 21.4. The minimum atomic E-state index is -0.443. The van der Waals surface area contributed by atoms with Crippen molar-refractivity contribution in [3.63, 3.8) is 0 Å². The molecule has 1 aliphatic carbocycles. The maximum Gasteiger partial charge on any atom is 0.407 e. The minimum absolute atomic E-state index is 0.000832. The number of cyclic esters (lactones) is 1. The van der Waals surface area contributed by atoms with E-state index in [2.05, 4.69) is 34.9 Å². The molecule has 0 radical (unpaired) electrons. The van der Waals surface area contributed by atoms with Crippen LogP contribution in [-0.4, -0.2) is 70.8 Å². The first kappa shape index (κ1) is 27.1. The molecule has 37 heavy (non-hydrogen) atoms. The molecule has 8 nitrogen and oxygen atoms in total. The van der Waals surface area contributed by atoms with E-state index in [9.17, 15) is 9.59 Å². The van der Waals surface area contributed by atoms with Gasteiger partial charge in [-0.25, -0.2) is 4.79 Å². The fraction of sp³-hybridized carbons (Fsp3) is 0.517. The molecule has 1 heterocycles. The minimum Gasteiger partial charge on any atom is -0.445 e. The van der Waals surface area contributed by atoms with Crippen LogP contribution in [-0.2, 0) is 23.7 Å². The molecule has 1 saturated heterocycles. The van der Waals surface area contributed by atoms with E-state index in [1.165, 1.54) is 11.1 Å². The van der Waals surface area contributed by atoms with Crippen LogP contribution in [0.1, 0.15) is 49.1 Å². The van der Waals surface area contributed by atoms with Crippen molar-refractivity contribution in [2.75, 3.05) is 52.7 Å². The summed E-state index contributed by atoms with van der Waals surface area (Å²) >= 11 is 0. The van der Waals surface area contributed by atoms with Crippen molar-refractivity contribution in [2.24, 2.45) is 0 Å². The highest BCUT2D eigenvalue weighted by Gasteiger charge is 2.36. The Balaban J connectivity index is 1.43. The standard InChI is InChI=1S/C29H38N2O6/c32-27-13-5-12-26(28-24-10-3-1-8-22(24)23-9-2-4-11-25(23)28)37-29(33)31-15-7-17-35-19-21-36-20-18-34-16-6-14-30-27/h1-4,8-11,26,28H,5-7,12-21H2,(H,30,32)(H,31,33). The van der Waals surface area contributed by atoms with Gasteiger partial charge in [-0.15, -0.1) is 0 Å². The number of nitrogens with one attached hydrogen (secondary N) is 2. The van der Waals surface area contributed by atoms with Crippen molar-refractivity contribution in [3.8, 4) is 11.1 Å². The lowest BCUT2D eigenvalue weighted by Crippen LogP contribution is -2.33. The van der Waals surface area contributed by atoms with Gasteiger partial charge < -0.3 is 29.6 Å². The van der Waals surface area contributed by atoms with E-state index >= 15 is 0 Å². The summed E-state index contributed by atoms with van der Waals surface area (Å²) < 4.78 is 22.6. The Morgan fingerprint density at radius 1 is 0.649 bits per heavy atom. The lowest BCUT2D eigenvalue weighted by molar-refractivity contribution is -0.121. The Morgan fingerprint density at radius 3 is 1.81 bits per heavy atom. The topological polar surface area (TPSA) is 95.1 Å². The number of ether oxygens (including phenoxy) is 4. The molecule has 1 aliphatic heterocycles. The quantitative estimate of drug-likeness (QED) is 0.602. The zero-order chi connectivity index (χ0) is 25.7. The van der Waals surface area contributed by atoms with E-state index in [1.807, 2.05) is 24.3 Å². The zero-order valence-corrected chi connectivity index (χ0v) is 21.4. The van der Waals surface area contributed by atoms with E-state index in [0.29, 0.717) is 78.4 Å². The Hall–Kier alpha value is -2.94. The highest BCUT2D eigenvalue weighted by atomic mass is 16.6. The van der Waals surface area contributed by atoms with Gasteiger partial charge in [0, 0.05) is 38.6 Å². The third-order valence-corrected chi connectivity index (χ3v) is 6.67. The van der Waals surface area contributed by atoms with Gasteiger partial charge >= 0.3 is 6.09 Å². The van der Waals surface area contributed by atoms with Crippen molar-refractivity contribution < 1.29 is 28.5 Å². The fourth-order valence-corrected chi connectivity index (χ4v) is 4.93. The average Bonchev–Trinajstić information content (AvgIpc) is 3.24. The smallest absolute Gasteiger partial charge is 0.407 e. The molecule has 2 amide bonds. The van der Waals surface area contributed by atoms with E-state index in [1.54, 1.807) is 0 Å². The lowest BCUT2D eigenvalue weighted by Gasteiger charge is -2.26. The van der Waals surface area contributed by atoms with Crippen LogP contribution in [0.5, 0.6) is 0 Å². The van der Waals surface area contributed by atoms with Crippen molar-refractivity contribution in [2.45, 2.75) is 44.1 Å². The van der Waals surface area contributed by atoms with Crippen LogP contribution in [0.25, 0.3) is 11.1 Å². The molecule has 0 spiro atoms. The van der Waals surface area contributed by atoms with E-state index in [0.717, 1.165) is 17.5 Å². The monoisotopic (exact) mass is 510 g/mol. The van der Waals surface area contributed by atoms with Gasteiger partial charge in [0.15, 0.2) is 0 Å². The van der Waals surface area contributed by atoms with Crippen LogP contribution in [0, 0.1) is 0 Å². The Morgan fingerprint density at radius 2 is 1.19 bits per heavy atom. The van der Waals surface area contributed by atoms with Gasteiger partial charge in [0.1, 0.15) is 6.10 Å². The van der Waals surface area contributed by atoms with E-state index in [4.69, 9.17) is 18.9 Å². The summed E-state index contributed by atoms with van der Waals surface area (Å²) in [5.41, 5.74) is 4.66. The number of amides is 2. The third kappa shape index (κ3) is 8.02. The van der Waals surface area contributed by atoms with Crippen molar-refractivity contribution >= 4 is 12.0 Å². The molecular formula is C29H38N2O6. The molecule has 0 saturated carbocycles. The van der Waals surface area contributed by atoms with E-state index < -0.39 is 12.2 Å². The first-order chi connectivity index (χ1) is 18.2. The molecule has 1 fully saturated rings. The van der Waals surface area contributed by atoms with Crippen LogP contribution in [0.4, 0.5) is 4.79 Å². The molecule has 0 bridgehead atoms. The first-order valence-electron chi connectivity index (χ1n) is 13.4. The number of carbonyl (C=O) groups is 2. The second kappa shape index (κ2) is 14.7. The van der Waals surface area contributed by atoms with Gasteiger partial charge in [-0.1, -0.05) is 48.5 Å². The SMILES string of the molecule is O=C1CCCC(C2c3ccccc3-c3ccccc32)OC(=O)NCCCOCCOCCOCCCN1. The van der Waals surface area contributed by atoms with Crippen molar-refractivity contribution in [1.29, 1.82) is 0 Å². The predicted molar refractivity (Wildman–Crippen MR) is 141 cm³/mol. The summed E-state index contributed by atoms with van der Waals surface area (Å²) in [4.78, 5) is 25.2. The summed E-state index contributed by atoms with van der Waals surface area (Å²) in [6.45, 7) is 4.17. The van der Waals surface area contributed by atoms with Gasteiger partial charge in [-0.05, 0) is 47.9 Å². The van der Waals surface area contributed by atoms with Crippen molar-refractivity contribution in [1.82, 2.24) is 10.6 Å². The number of benzene rings is 2. The normalized spacial score (nSPS) is 21.8. The molecule has 200 valence electrons. The van der Waals surface area contributed by atoms with Crippen LogP contribution >= 0.6 is 0 Å². The molecule has 0 aromatic heterocycles.